The Labute approximate surface area is 206 Å². The molecule has 0 aliphatic rings. The molecule has 0 fully saturated rings. The van der Waals surface area contributed by atoms with E-state index in [9.17, 15) is 4.79 Å². The molecule has 0 atom stereocenters. The first-order valence-electron chi connectivity index (χ1n) is 12.3. The van der Waals surface area contributed by atoms with Crippen molar-refractivity contribution < 1.29 is 4.79 Å². The molecule has 0 saturated carbocycles. The Bertz CT molecular complexity index is 1360. The summed E-state index contributed by atoms with van der Waals surface area (Å²) >= 11 is 0. The number of benzene rings is 2. The van der Waals surface area contributed by atoms with Gasteiger partial charge in [0.25, 0.3) is 5.91 Å². The lowest BCUT2D eigenvalue weighted by Crippen LogP contribution is -2.25. The van der Waals surface area contributed by atoms with Crippen molar-refractivity contribution in [2.45, 2.75) is 58.8 Å². The molecule has 2 heterocycles. The van der Waals surface area contributed by atoms with E-state index in [1.54, 1.807) is 6.21 Å². The zero-order chi connectivity index (χ0) is 25.0. The van der Waals surface area contributed by atoms with Crippen molar-refractivity contribution in [2.75, 3.05) is 12.3 Å². The molecule has 0 radical (unpaired) electrons. The smallest absolute Gasteiger partial charge is 0.257 e. The highest BCUT2D eigenvalue weighted by Gasteiger charge is 2.24. The van der Waals surface area contributed by atoms with E-state index in [0.29, 0.717) is 28.8 Å². The molecule has 0 spiro atoms. The van der Waals surface area contributed by atoms with Crippen molar-refractivity contribution in [1.82, 2.24) is 20.0 Å². The summed E-state index contributed by atoms with van der Waals surface area (Å²) in [5, 5.41) is 7.61. The van der Waals surface area contributed by atoms with Crippen LogP contribution < -0.4 is 11.1 Å². The standard InChI is InChI=1S/C28H34N6O/c1-5-6-7-10-17-30-27(35)23-24-26(33-22-12-9-8-11-21(22)32-24)34(25(23)29)31-18-19-13-15-20(16-14-19)28(2,3)4/h8-9,11-16,18H,5-7,10,17,29H2,1-4H3,(H,30,35)/b31-18+. The monoisotopic (exact) mass is 470 g/mol. The molecule has 35 heavy (non-hydrogen) atoms. The van der Waals surface area contributed by atoms with Gasteiger partial charge >= 0.3 is 0 Å². The van der Waals surface area contributed by atoms with Crippen LogP contribution in [0.25, 0.3) is 22.2 Å². The molecule has 4 aromatic rings. The molecule has 0 bridgehead atoms. The Morgan fingerprint density at radius 1 is 1.03 bits per heavy atom. The largest absolute Gasteiger partial charge is 0.383 e. The van der Waals surface area contributed by atoms with E-state index >= 15 is 0 Å². The van der Waals surface area contributed by atoms with E-state index < -0.39 is 0 Å². The second-order valence-corrected chi connectivity index (χ2v) is 9.89. The summed E-state index contributed by atoms with van der Waals surface area (Å²) in [7, 11) is 0. The van der Waals surface area contributed by atoms with Crippen LogP contribution >= 0.6 is 0 Å². The molecule has 7 nitrogen and oxygen atoms in total. The SMILES string of the molecule is CCCCCCNC(=O)c1c(N)n(/N=C/c2ccc(C(C)(C)C)cc2)c2nc3ccccc3nc12. The highest BCUT2D eigenvalue weighted by Crippen LogP contribution is 2.28. The fourth-order valence-electron chi connectivity index (χ4n) is 4.02. The van der Waals surface area contributed by atoms with Gasteiger partial charge in [-0.3, -0.25) is 4.79 Å². The molecule has 0 unspecified atom stereocenters. The Hall–Kier alpha value is -3.74. The Balaban J connectivity index is 1.72. The topological polar surface area (TPSA) is 98.2 Å². The number of nitrogens with one attached hydrogen (secondary N) is 1. The van der Waals surface area contributed by atoms with Crippen LogP contribution in [0.1, 0.15) is 74.9 Å². The van der Waals surface area contributed by atoms with Crippen LogP contribution in [0.15, 0.2) is 53.6 Å². The van der Waals surface area contributed by atoms with Crippen LogP contribution in [0.2, 0.25) is 0 Å². The lowest BCUT2D eigenvalue weighted by molar-refractivity contribution is 0.0955. The predicted octanol–water partition coefficient (Wildman–Crippen LogP) is 5.66. The summed E-state index contributed by atoms with van der Waals surface area (Å²) in [6.07, 6.45) is 6.03. The molecule has 2 aromatic carbocycles. The maximum Gasteiger partial charge on any atom is 0.257 e. The number of anilines is 1. The van der Waals surface area contributed by atoms with Gasteiger partial charge in [0.05, 0.1) is 17.2 Å². The van der Waals surface area contributed by atoms with Crippen LogP contribution in [-0.4, -0.2) is 33.3 Å². The maximum atomic E-state index is 13.1. The lowest BCUT2D eigenvalue weighted by atomic mass is 9.87. The number of carbonyl (C=O) groups excluding carboxylic acids is 1. The zero-order valence-corrected chi connectivity index (χ0v) is 21.0. The minimum Gasteiger partial charge on any atom is -0.383 e. The highest BCUT2D eigenvalue weighted by molar-refractivity contribution is 6.10. The number of amides is 1. The summed E-state index contributed by atoms with van der Waals surface area (Å²) in [4.78, 5) is 22.6. The van der Waals surface area contributed by atoms with Crippen molar-refractivity contribution in [3.8, 4) is 0 Å². The summed E-state index contributed by atoms with van der Waals surface area (Å²) in [6, 6.07) is 15.8. The minimum atomic E-state index is -0.253. The minimum absolute atomic E-state index is 0.0756. The maximum absolute atomic E-state index is 13.1. The van der Waals surface area contributed by atoms with Crippen LogP contribution in [0.4, 0.5) is 5.82 Å². The van der Waals surface area contributed by atoms with Crippen LogP contribution in [0.5, 0.6) is 0 Å². The van der Waals surface area contributed by atoms with E-state index in [4.69, 9.17) is 15.7 Å². The predicted molar refractivity (Wildman–Crippen MR) is 144 cm³/mol. The number of hydrogen-bond acceptors (Lipinski definition) is 5. The summed E-state index contributed by atoms with van der Waals surface area (Å²) in [6.45, 7) is 9.30. The molecule has 4 rings (SSSR count). The highest BCUT2D eigenvalue weighted by atomic mass is 16.1. The molecule has 0 aliphatic heterocycles. The van der Waals surface area contributed by atoms with Gasteiger partial charge < -0.3 is 11.1 Å². The molecule has 3 N–H and O–H groups in total. The third kappa shape index (κ3) is 5.34. The van der Waals surface area contributed by atoms with Gasteiger partial charge in [0.2, 0.25) is 0 Å². The number of carbonyl (C=O) groups is 1. The Morgan fingerprint density at radius 2 is 1.71 bits per heavy atom. The number of aromatic nitrogens is 3. The van der Waals surface area contributed by atoms with Crippen molar-refractivity contribution in [3.05, 3.63) is 65.2 Å². The molecule has 2 aromatic heterocycles. The zero-order valence-electron chi connectivity index (χ0n) is 21.0. The second-order valence-electron chi connectivity index (χ2n) is 9.89. The Morgan fingerprint density at radius 3 is 2.37 bits per heavy atom. The number of nitrogens with zero attached hydrogens (tertiary/aromatic N) is 4. The first-order chi connectivity index (χ1) is 16.8. The van der Waals surface area contributed by atoms with Gasteiger partial charge in [0.15, 0.2) is 5.65 Å². The van der Waals surface area contributed by atoms with Gasteiger partial charge in [0.1, 0.15) is 16.9 Å². The van der Waals surface area contributed by atoms with Gasteiger partial charge in [-0.1, -0.05) is 83.4 Å². The van der Waals surface area contributed by atoms with Gasteiger partial charge in [-0.05, 0) is 35.1 Å². The van der Waals surface area contributed by atoms with Crippen LogP contribution in [0, 0.1) is 0 Å². The lowest BCUT2D eigenvalue weighted by Gasteiger charge is -2.18. The number of fused-ring (bicyclic) bond motifs is 2. The number of nitrogens with two attached hydrogens (primary N) is 1. The summed E-state index contributed by atoms with van der Waals surface area (Å²) in [5.74, 6) is -0.0269. The number of hydrogen-bond donors (Lipinski definition) is 2. The average molecular weight is 471 g/mol. The molecule has 0 aliphatic carbocycles. The van der Waals surface area contributed by atoms with Crippen molar-refractivity contribution in [1.29, 1.82) is 0 Å². The van der Waals surface area contributed by atoms with Gasteiger partial charge in [-0.2, -0.15) is 9.78 Å². The van der Waals surface area contributed by atoms with Gasteiger partial charge in [-0.15, -0.1) is 0 Å². The van der Waals surface area contributed by atoms with Gasteiger partial charge in [0, 0.05) is 6.54 Å². The first kappa shape index (κ1) is 24.4. The molecular formula is C28H34N6O. The quantitative estimate of drug-likeness (QED) is 0.256. The van der Waals surface area contributed by atoms with E-state index in [-0.39, 0.29) is 17.1 Å². The van der Waals surface area contributed by atoms with Crippen molar-refractivity contribution in [2.24, 2.45) is 5.10 Å². The number of para-hydroxylation sites is 2. The second kappa shape index (κ2) is 10.3. The molecule has 0 saturated heterocycles. The summed E-state index contributed by atoms with van der Waals surface area (Å²) in [5.41, 5.74) is 11.4. The third-order valence-corrected chi connectivity index (χ3v) is 6.12. The van der Waals surface area contributed by atoms with E-state index in [2.05, 4.69) is 50.2 Å². The number of nitrogen functional groups attached to an aromatic ring is 1. The van der Waals surface area contributed by atoms with Crippen LogP contribution in [-0.2, 0) is 5.41 Å². The fraction of sp³-hybridized carbons (Fsp3) is 0.357. The van der Waals surface area contributed by atoms with Crippen molar-refractivity contribution in [3.63, 3.8) is 0 Å². The fourth-order valence-corrected chi connectivity index (χ4v) is 4.02. The summed E-state index contributed by atoms with van der Waals surface area (Å²) < 4.78 is 1.51. The number of unbranched alkanes of at least 4 members (excludes halogenated alkanes) is 3. The Kier molecular flexibility index (Phi) is 7.15. The normalized spacial score (nSPS) is 12.1. The first-order valence-corrected chi connectivity index (χ1v) is 12.3. The molecule has 7 heteroatoms. The average Bonchev–Trinajstić information content (AvgIpc) is 3.10. The van der Waals surface area contributed by atoms with E-state index in [1.807, 2.05) is 36.4 Å². The molecule has 182 valence electrons. The molecule has 1 amide bonds. The van der Waals surface area contributed by atoms with E-state index in [0.717, 1.165) is 36.8 Å². The number of rotatable bonds is 8. The van der Waals surface area contributed by atoms with E-state index in [1.165, 1.54) is 10.2 Å². The third-order valence-electron chi connectivity index (χ3n) is 6.12. The van der Waals surface area contributed by atoms with Crippen LogP contribution in [0.3, 0.4) is 0 Å². The van der Waals surface area contributed by atoms with Crippen molar-refractivity contribution >= 4 is 40.1 Å². The molecular weight excluding hydrogens is 436 g/mol. The van der Waals surface area contributed by atoms with Gasteiger partial charge in [-0.25, -0.2) is 9.97 Å².